The Labute approximate surface area is 229 Å². The molecule has 3 aromatic rings. The Morgan fingerprint density at radius 3 is 2.68 bits per heavy atom. The van der Waals surface area contributed by atoms with Gasteiger partial charge in [0.05, 0.1) is 24.3 Å². The van der Waals surface area contributed by atoms with Gasteiger partial charge in [0, 0.05) is 61.1 Å². The van der Waals surface area contributed by atoms with Crippen molar-refractivity contribution in [2.24, 2.45) is 0 Å². The van der Waals surface area contributed by atoms with Crippen LogP contribution in [0.25, 0.3) is 11.4 Å². The van der Waals surface area contributed by atoms with Crippen molar-refractivity contribution >= 4 is 40.9 Å². The highest BCUT2D eigenvalue weighted by molar-refractivity contribution is 7.80. The molecule has 2 aliphatic rings. The lowest BCUT2D eigenvalue weighted by atomic mass is 10.1. The summed E-state index contributed by atoms with van der Waals surface area (Å²) in [6.07, 6.45) is 1.91. The molecule has 2 heterocycles. The van der Waals surface area contributed by atoms with Crippen LogP contribution in [0.5, 0.6) is 0 Å². The zero-order chi connectivity index (χ0) is 26.7. The van der Waals surface area contributed by atoms with E-state index in [9.17, 15) is 13.6 Å². The zero-order valence-electron chi connectivity index (χ0n) is 20.9. The van der Waals surface area contributed by atoms with Crippen LogP contribution < -0.4 is 15.5 Å². The van der Waals surface area contributed by atoms with Crippen LogP contribution in [0.2, 0.25) is 5.02 Å². The summed E-state index contributed by atoms with van der Waals surface area (Å²) in [6.45, 7) is 3.42. The molecule has 5 rings (SSSR count). The second-order valence-electron chi connectivity index (χ2n) is 9.44. The standard InChI is InChI=1S/C27H28ClF2N5O2S/c1-17-16-37-13-12-35(17)24-15-23(27(8-9-27)38-20-6-7-22(30)21(28)14-20)33-25(34-24)18-2-4-19(5-3-18)32-26(36)31-11-10-29/h2-7,14-15,17H,8-13,16H2,1H3,(H2,31,32,36)/p+1/t17-/m0/s1. The van der Waals surface area contributed by atoms with E-state index in [4.69, 9.17) is 26.3 Å². The second kappa shape index (κ2) is 11.4. The predicted octanol–water partition coefficient (Wildman–Crippen LogP) is 5.12. The molecule has 0 spiro atoms. The molecule has 11 heteroatoms. The van der Waals surface area contributed by atoms with E-state index < -0.39 is 18.5 Å². The van der Waals surface area contributed by atoms with Crippen molar-refractivity contribution < 1.29 is 18.3 Å². The number of morpholine rings is 1. The molecule has 1 aliphatic heterocycles. The van der Waals surface area contributed by atoms with Crippen LogP contribution in [0.3, 0.4) is 0 Å². The summed E-state index contributed by atoms with van der Waals surface area (Å²) in [5, 5.41) is 5.24. The number of alkyl halides is 1. The fourth-order valence-electron chi connectivity index (χ4n) is 4.40. The molecule has 0 radical (unpaired) electrons. The van der Waals surface area contributed by atoms with Crippen LogP contribution in [0.15, 0.2) is 53.4 Å². The third-order valence-electron chi connectivity index (χ3n) is 6.60. The Balaban J connectivity index is 1.46. The summed E-state index contributed by atoms with van der Waals surface area (Å²) >= 11 is 7.07. The number of urea groups is 1. The number of halogens is 3. The average Bonchev–Trinajstić information content (AvgIpc) is 3.70. The molecule has 0 bridgehead atoms. The summed E-state index contributed by atoms with van der Waals surface area (Å²) in [4.78, 5) is 25.0. The molecule has 7 nitrogen and oxygen atoms in total. The van der Waals surface area contributed by atoms with Crippen molar-refractivity contribution in [3.05, 3.63) is 65.1 Å². The molecule has 1 saturated carbocycles. The van der Waals surface area contributed by atoms with E-state index in [1.54, 1.807) is 24.3 Å². The molecule has 200 valence electrons. The van der Waals surface area contributed by atoms with Gasteiger partial charge in [0.25, 0.3) is 0 Å². The fourth-order valence-corrected chi connectivity index (χ4v) is 6.06. The minimum atomic E-state index is -0.626. The monoisotopic (exact) mass is 560 g/mol. The van der Waals surface area contributed by atoms with E-state index in [-0.39, 0.29) is 22.4 Å². The fraction of sp³-hybridized carbons (Fsp3) is 0.370. The van der Waals surface area contributed by atoms with Crippen molar-refractivity contribution in [3.63, 3.8) is 0 Å². The van der Waals surface area contributed by atoms with E-state index in [2.05, 4.69) is 28.5 Å². The quantitative estimate of drug-likeness (QED) is 0.295. The number of nitrogens with zero attached hydrogens (tertiary/aromatic N) is 3. The van der Waals surface area contributed by atoms with Gasteiger partial charge in [-0.25, -0.2) is 23.5 Å². The van der Waals surface area contributed by atoms with E-state index in [1.165, 1.54) is 6.07 Å². The van der Waals surface area contributed by atoms with Crippen LogP contribution in [0.4, 0.5) is 25.1 Å². The first kappa shape index (κ1) is 26.6. The Bertz CT molecular complexity index is 1310. The highest BCUT2D eigenvalue weighted by atomic mass is 35.5. The summed E-state index contributed by atoms with van der Waals surface area (Å²) < 4.78 is 31.5. The molecular formula is C27H29ClF2N5O2S+. The van der Waals surface area contributed by atoms with Gasteiger partial charge in [-0.2, -0.15) is 0 Å². The number of aromatic nitrogens is 2. The van der Waals surface area contributed by atoms with Crippen LogP contribution in [0, 0.1) is 5.82 Å². The largest absolute Gasteiger partial charge is 0.377 e. The van der Waals surface area contributed by atoms with Gasteiger partial charge in [0.15, 0.2) is 15.5 Å². The lowest BCUT2D eigenvalue weighted by Crippen LogP contribution is -2.44. The first-order valence-corrected chi connectivity index (χ1v) is 13.8. The van der Waals surface area contributed by atoms with E-state index >= 15 is 0 Å². The Morgan fingerprint density at radius 2 is 2.00 bits per heavy atom. The molecule has 2 N–H and O–H groups in total. The number of nitrogens with one attached hydrogen (secondary N) is 2. The molecule has 1 aromatic heterocycles. The average molecular weight is 561 g/mol. The summed E-state index contributed by atoms with van der Waals surface area (Å²) in [7, 11) is 0. The van der Waals surface area contributed by atoms with Gasteiger partial charge in [-0.1, -0.05) is 11.6 Å². The maximum absolute atomic E-state index is 13.7. The van der Waals surface area contributed by atoms with Crippen LogP contribution in [-0.4, -0.2) is 55.0 Å². The molecule has 1 aliphatic carbocycles. The number of amides is 2. The normalized spacial score (nSPS) is 18.2. The molecule has 1 atom stereocenters. The molecule has 2 fully saturated rings. The molecule has 0 unspecified atom stereocenters. The number of anilines is 2. The maximum Gasteiger partial charge on any atom is 0.319 e. The summed E-state index contributed by atoms with van der Waals surface area (Å²) in [5.74, 6) is 0.997. The number of hydrogen-bond acceptors (Lipinski definition) is 5. The SMILES string of the molecule is C[C@H]1COCCN1c1cc(C2([SH+]c3ccc(F)c(Cl)c3)CC2)nc(-c2ccc(NC(=O)NCCF)cc2)n1. The third-order valence-corrected chi connectivity index (χ3v) is 8.53. The van der Waals surface area contributed by atoms with Gasteiger partial charge in [0.1, 0.15) is 24.0 Å². The van der Waals surface area contributed by atoms with Crippen molar-refractivity contribution in [2.45, 2.75) is 35.4 Å². The first-order valence-electron chi connectivity index (χ1n) is 12.5. The molecular weight excluding hydrogens is 532 g/mol. The number of ether oxygens (including phenoxy) is 1. The minimum Gasteiger partial charge on any atom is -0.377 e. The lowest BCUT2D eigenvalue weighted by Gasteiger charge is -2.34. The molecule has 38 heavy (non-hydrogen) atoms. The van der Waals surface area contributed by atoms with Crippen molar-refractivity contribution in [1.29, 1.82) is 0 Å². The van der Waals surface area contributed by atoms with Gasteiger partial charge in [-0.15, -0.1) is 0 Å². The van der Waals surface area contributed by atoms with Gasteiger partial charge < -0.3 is 20.3 Å². The van der Waals surface area contributed by atoms with Gasteiger partial charge >= 0.3 is 6.03 Å². The third kappa shape index (κ3) is 6.03. The highest BCUT2D eigenvalue weighted by Crippen LogP contribution is 2.51. The van der Waals surface area contributed by atoms with E-state index in [1.807, 2.05) is 12.1 Å². The number of hydrogen-bond donors (Lipinski definition) is 2. The number of rotatable bonds is 8. The smallest absolute Gasteiger partial charge is 0.319 e. The van der Waals surface area contributed by atoms with Gasteiger partial charge in [0.2, 0.25) is 0 Å². The summed E-state index contributed by atoms with van der Waals surface area (Å²) in [5.41, 5.74) is 2.32. The van der Waals surface area contributed by atoms with Crippen LogP contribution in [-0.2, 0) is 21.2 Å². The molecule has 2 amide bonds. The Kier molecular flexibility index (Phi) is 8.01. The first-order chi connectivity index (χ1) is 18.4. The van der Waals surface area contributed by atoms with E-state index in [0.717, 1.165) is 53.1 Å². The number of benzene rings is 2. The number of thiol groups is 1. The molecule has 2 aromatic carbocycles. The van der Waals surface area contributed by atoms with Crippen molar-refractivity contribution in [1.82, 2.24) is 15.3 Å². The van der Waals surface area contributed by atoms with Crippen LogP contribution in [0.1, 0.15) is 25.5 Å². The van der Waals surface area contributed by atoms with Crippen LogP contribution >= 0.6 is 11.6 Å². The topological polar surface area (TPSA) is 79.4 Å². The minimum absolute atomic E-state index is 0.0432. The zero-order valence-corrected chi connectivity index (χ0v) is 22.5. The van der Waals surface area contributed by atoms with Crippen molar-refractivity contribution in [2.75, 3.05) is 43.2 Å². The number of carbonyl (C=O) groups excluding carboxylic acids is 1. The maximum atomic E-state index is 13.7. The van der Waals surface area contributed by atoms with Gasteiger partial charge in [-0.05, 0) is 43.3 Å². The lowest BCUT2D eigenvalue weighted by molar-refractivity contribution is 0.0985. The Hall–Kier alpha value is -2.95. The van der Waals surface area contributed by atoms with Gasteiger partial charge in [-0.3, -0.25) is 0 Å². The molecule has 1 saturated heterocycles. The van der Waals surface area contributed by atoms with Crippen molar-refractivity contribution in [3.8, 4) is 11.4 Å². The highest BCUT2D eigenvalue weighted by Gasteiger charge is 2.55. The predicted molar refractivity (Wildman–Crippen MR) is 147 cm³/mol. The number of carbonyl (C=O) groups is 1. The summed E-state index contributed by atoms with van der Waals surface area (Å²) in [6, 6.07) is 13.9. The van der Waals surface area contributed by atoms with E-state index in [0.29, 0.717) is 24.7 Å². The second-order valence-corrected chi connectivity index (χ2v) is 11.4. The Morgan fingerprint density at radius 1 is 1.21 bits per heavy atom.